The summed E-state index contributed by atoms with van der Waals surface area (Å²) in [5, 5.41) is 6.94. The van der Waals surface area contributed by atoms with Crippen LogP contribution in [0.25, 0.3) is 6.08 Å². The van der Waals surface area contributed by atoms with E-state index >= 15 is 0 Å². The number of rotatable bonds is 8. The number of carbonyl (C=O) groups is 1. The van der Waals surface area contributed by atoms with Crippen molar-refractivity contribution in [1.82, 2.24) is 14.1 Å². The van der Waals surface area contributed by atoms with Crippen molar-refractivity contribution < 1.29 is 13.2 Å². The molecule has 0 fully saturated rings. The lowest BCUT2D eigenvalue weighted by Gasteiger charge is -2.18. The van der Waals surface area contributed by atoms with Crippen LogP contribution >= 0.6 is 0 Å². The van der Waals surface area contributed by atoms with Gasteiger partial charge in [-0.1, -0.05) is 26.0 Å². The van der Waals surface area contributed by atoms with E-state index in [9.17, 15) is 13.2 Å². The summed E-state index contributed by atoms with van der Waals surface area (Å²) in [4.78, 5) is 12.4. The Labute approximate surface area is 160 Å². The van der Waals surface area contributed by atoms with Crippen LogP contribution in [0.3, 0.4) is 0 Å². The molecule has 0 spiro atoms. The van der Waals surface area contributed by atoms with Crippen LogP contribution in [0.5, 0.6) is 0 Å². The van der Waals surface area contributed by atoms with E-state index in [1.54, 1.807) is 47.3 Å². The molecular weight excluding hydrogens is 364 g/mol. The molecule has 146 valence electrons. The smallest absolute Gasteiger partial charge is 0.249 e. The van der Waals surface area contributed by atoms with Crippen LogP contribution in [-0.4, -0.2) is 41.5 Å². The molecule has 1 aromatic heterocycles. The van der Waals surface area contributed by atoms with Crippen molar-refractivity contribution in [3.05, 3.63) is 48.2 Å². The zero-order valence-corrected chi connectivity index (χ0v) is 16.9. The van der Waals surface area contributed by atoms with Crippen molar-refractivity contribution in [2.24, 2.45) is 0 Å². The van der Waals surface area contributed by atoms with Crippen LogP contribution < -0.4 is 5.32 Å². The molecule has 0 radical (unpaired) electrons. The van der Waals surface area contributed by atoms with Gasteiger partial charge in [0.05, 0.1) is 11.1 Å². The molecule has 2 rings (SSSR count). The van der Waals surface area contributed by atoms with E-state index in [-0.39, 0.29) is 16.8 Å². The molecule has 8 heteroatoms. The van der Waals surface area contributed by atoms with Gasteiger partial charge in [-0.2, -0.15) is 9.40 Å². The molecule has 1 amide bonds. The lowest BCUT2D eigenvalue weighted by molar-refractivity contribution is -0.111. The van der Waals surface area contributed by atoms with Gasteiger partial charge in [-0.3, -0.25) is 4.79 Å². The number of aromatic nitrogens is 2. The molecular formula is C19H26N4O3S. The number of carbonyl (C=O) groups excluding carboxylic acids is 1. The van der Waals surface area contributed by atoms with Gasteiger partial charge in [0.25, 0.3) is 0 Å². The summed E-state index contributed by atoms with van der Waals surface area (Å²) in [6, 6.07) is 8.34. The second-order valence-corrected chi connectivity index (χ2v) is 8.17. The number of nitrogens with one attached hydrogen (secondary N) is 1. The highest BCUT2D eigenvalue weighted by atomic mass is 32.2. The standard InChI is InChI=1S/C19H26N4O3S/c1-5-22(6-2)27(25,26)17-10-7-16(8-11-17)9-12-19(24)21-18-13-14-20-23(18)15(3)4/h7-15H,5-6H2,1-4H3,(H,21,24). The van der Waals surface area contributed by atoms with Crippen molar-refractivity contribution in [2.75, 3.05) is 18.4 Å². The van der Waals surface area contributed by atoms with Crippen molar-refractivity contribution in [3.8, 4) is 0 Å². The molecule has 1 N–H and O–H groups in total. The Bertz CT molecular complexity index is 895. The van der Waals surface area contributed by atoms with Crippen LogP contribution in [0.4, 0.5) is 5.82 Å². The fourth-order valence-corrected chi connectivity index (χ4v) is 4.09. The fraction of sp³-hybridized carbons (Fsp3) is 0.368. The monoisotopic (exact) mass is 390 g/mol. The summed E-state index contributed by atoms with van der Waals surface area (Å²) in [7, 11) is -3.48. The Morgan fingerprint density at radius 2 is 1.81 bits per heavy atom. The van der Waals surface area contributed by atoms with Gasteiger partial charge in [0, 0.05) is 31.3 Å². The number of benzene rings is 1. The van der Waals surface area contributed by atoms with Crippen LogP contribution in [0.15, 0.2) is 47.5 Å². The summed E-state index contributed by atoms with van der Waals surface area (Å²) in [6.45, 7) is 8.42. The molecule has 1 heterocycles. The highest BCUT2D eigenvalue weighted by Crippen LogP contribution is 2.17. The van der Waals surface area contributed by atoms with E-state index in [4.69, 9.17) is 0 Å². The van der Waals surface area contributed by atoms with Crippen LogP contribution in [-0.2, 0) is 14.8 Å². The summed E-state index contributed by atoms with van der Waals surface area (Å²) >= 11 is 0. The van der Waals surface area contributed by atoms with Crippen LogP contribution in [0.1, 0.15) is 39.3 Å². The van der Waals surface area contributed by atoms with Gasteiger partial charge >= 0.3 is 0 Å². The van der Waals surface area contributed by atoms with Gasteiger partial charge in [-0.25, -0.2) is 13.1 Å². The van der Waals surface area contributed by atoms with Crippen molar-refractivity contribution in [2.45, 2.75) is 38.6 Å². The summed E-state index contributed by atoms with van der Waals surface area (Å²) < 4.78 is 28.1. The van der Waals surface area contributed by atoms with E-state index in [1.807, 2.05) is 27.7 Å². The molecule has 0 unspecified atom stereocenters. The van der Waals surface area contributed by atoms with E-state index in [0.29, 0.717) is 18.9 Å². The zero-order chi connectivity index (χ0) is 20.0. The Kier molecular flexibility index (Phi) is 6.92. The number of hydrogen-bond donors (Lipinski definition) is 1. The molecule has 0 aliphatic carbocycles. The Morgan fingerprint density at radius 1 is 1.19 bits per heavy atom. The number of amides is 1. The third-order valence-corrected chi connectivity index (χ3v) is 6.13. The quantitative estimate of drug-likeness (QED) is 0.702. The van der Waals surface area contributed by atoms with Gasteiger partial charge in [0.15, 0.2) is 0 Å². The predicted octanol–water partition coefficient (Wildman–Crippen LogP) is 3.15. The minimum absolute atomic E-state index is 0.139. The first kappa shape index (κ1) is 20.9. The normalized spacial score (nSPS) is 12.2. The van der Waals surface area contributed by atoms with E-state index in [0.717, 1.165) is 5.56 Å². The average molecular weight is 391 g/mol. The first-order valence-corrected chi connectivity index (χ1v) is 10.4. The maximum Gasteiger partial charge on any atom is 0.249 e. The highest BCUT2D eigenvalue weighted by Gasteiger charge is 2.20. The second kappa shape index (κ2) is 8.96. The molecule has 27 heavy (non-hydrogen) atoms. The number of anilines is 1. The third-order valence-electron chi connectivity index (χ3n) is 4.06. The van der Waals surface area contributed by atoms with Gasteiger partial charge in [-0.15, -0.1) is 0 Å². The van der Waals surface area contributed by atoms with E-state index in [2.05, 4.69) is 10.4 Å². The van der Waals surface area contributed by atoms with Crippen molar-refractivity contribution >= 4 is 27.8 Å². The minimum Gasteiger partial charge on any atom is -0.307 e. The summed E-state index contributed by atoms with van der Waals surface area (Å²) in [5.74, 6) is 0.345. The molecule has 2 aromatic rings. The lowest BCUT2D eigenvalue weighted by Crippen LogP contribution is -2.30. The van der Waals surface area contributed by atoms with E-state index < -0.39 is 10.0 Å². The molecule has 1 aromatic carbocycles. The minimum atomic E-state index is -3.48. The molecule has 0 bridgehead atoms. The zero-order valence-electron chi connectivity index (χ0n) is 16.1. The Hall–Kier alpha value is -2.45. The number of nitrogens with zero attached hydrogens (tertiary/aromatic N) is 3. The Balaban J connectivity index is 2.07. The lowest BCUT2D eigenvalue weighted by atomic mass is 10.2. The SMILES string of the molecule is CCN(CC)S(=O)(=O)c1ccc(C=CC(=O)Nc2ccnn2C(C)C)cc1. The second-order valence-electron chi connectivity index (χ2n) is 6.24. The molecule has 0 atom stereocenters. The van der Waals surface area contributed by atoms with Gasteiger partial charge in [-0.05, 0) is 37.6 Å². The summed E-state index contributed by atoms with van der Waals surface area (Å²) in [5.41, 5.74) is 0.737. The topological polar surface area (TPSA) is 84.3 Å². The number of sulfonamides is 1. The van der Waals surface area contributed by atoms with E-state index in [1.165, 1.54) is 10.4 Å². The molecule has 7 nitrogen and oxygen atoms in total. The number of hydrogen-bond acceptors (Lipinski definition) is 4. The highest BCUT2D eigenvalue weighted by molar-refractivity contribution is 7.89. The maximum atomic E-state index is 12.5. The van der Waals surface area contributed by atoms with Gasteiger partial charge < -0.3 is 5.32 Å². The summed E-state index contributed by atoms with van der Waals surface area (Å²) in [6.07, 6.45) is 4.68. The van der Waals surface area contributed by atoms with Gasteiger partial charge in [0.2, 0.25) is 15.9 Å². The first-order valence-electron chi connectivity index (χ1n) is 8.92. The molecule has 0 saturated heterocycles. The molecule has 0 saturated carbocycles. The largest absolute Gasteiger partial charge is 0.307 e. The maximum absolute atomic E-state index is 12.5. The molecule has 0 aliphatic heterocycles. The van der Waals surface area contributed by atoms with Crippen LogP contribution in [0, 0.1) is 0 Å². The average Bonchev–Trinajstić information content (AvgIpc) is 3.09. The third kappa shape index (κ3) is 5.05. The van der Waals surface area contributed by atoms with Gasteiger partial charge in [0.1, 0.15) is 5.82 Å². The van der Waals surface area contributed by atoms with Crippen molar-refractivity contribution in [3.63, 3.8) is 0 Å². The molecule has 0 aliphatic rings. The Morgan fingerprint density at radius 3 is 2.37 bits per heavy atom. The van der Waals surface area contributed by atoms with Crippen molar-refractivity contribution in [1.29, 1.82) is 0 Å². The van der Waals surface area contributed by atoms with Crippen LogP contribution in [0.2, 0.25) is 0 Å². The fourth-order valence-electron chi connectivity index (χ4n) is 2.63. The predicted molar refractivity (Wildman–Crippen MR) is 107 cm³/mol. The first-order chi connectivity index (χ1) is 12.8.